The zero-order chi connectivity index (χ0) is 24.5. The molecule has 0 radical (unpaired) electrons. The van der Waals surface area contributed by atoms with E-state index < -0.39 is 28.9 Å². The van der Waals surface area contributed by atoms with Gasteiger partial charge in [0.1, 0.15) is 22.8 Å². The number of ketones is 1. The van der Waals surface area contributed by atoms with Gasteiger partial charge in [-0.2, -0.15) is 0 Å². The molecule has 2 atom stereocenters. The molecule has 4 rings (SSSR count). The van der Waals surface area contributed by atoms with E-state index in [1.54, 1.807) is 50.4 Å². The van der Waals surface area contributed by atoms with E-state index in [1.165, 1.54) is 6.07 Å². The fourth-order valence-corrected chi connectivity index (χ4v) is 4.68. The number of methoxy groups -OCH3 is 1. The van der Waals surface area contributed by atoms with Crippen molar-refractivity contribution in [2.75, 3.05) is 20.2 Å². The lowest BCUT2D eigenvalue weighted by atomic mass is 9.83. The highest BCUT2D eigenvalue weighted by Crippen LogP contribution is 2.41. The molecular formula is C24H24BrFN4O4. The van der Waals surface area contributed by atoms with Gasteiger partial charge in [0.15, 0.2) is 0 Å². The Morgan fingerprint density at radius 2 is 1.88 bits per heavy atom. The van der Waals surface area contributed by atoms with Crippen molar-refractivity contribution in [3.8, 4) is 5.75 Å². The number of rotatable bonds is 6. The summed E-state index contributed by atoms with van der Waals surface area (Å²) in [4.78, 5) is 34.9. The van der Waals surface area contributed by atoms with Gasteiger partial charge < -0.3 is 20.5 Å². The van der Waals surface area contributed by atoms with Crippen molar-refractivity contribution in [3.05, 3.63) is 63.9 Å². The van der Waals surface area contributed by atoms with E-state index in [9.17, 15) is 19.1 Å². The number of Topliss-reactive ketones (excluding diaryl/α,β-unsaturated/α-hetero) is 1. The predicted octanol–water partition coefficient (Wildman–Crippen LogP) is 3.67. The van der Waals surface area contributed by atoms with Gasteiger partial charge in [-0.25, -0.2) is 19.2 Å². The molecule has 178 valence electrons. The van der Waals surface area contributed by atoms with Gasteiger partial charge in [0.05, 0.1) is 17.3 Å². The number of hydrogen-bond donors (Lipinski definition) is 3. The Hall–Kier alpha value is -3.11. The lowest BCUT2D eigenvalue weighted by Gasteiger charge is -2.36. The van der Waals surface area contributed by atoms with E-state index in [0.717, 1.165) is 0 Å². The van der Waals surface area contributed by atoms with Crippen molar-refractivity contribution in [1.29, 1.82) is 0 Å². The second-order valence-corrected chi connectivity index (χ2v) is 9.16. The Morgan fingerprint density at radius 1 is 1.18 bits per heavy atom. The van der Waals surface area contributed by atoms with E-state index in [4.69, 9.17) is 14.7 Å². The van der Waals surface area contributed by atoms with E-state index in [0.29, 0.717) is 42.0 Å². The summed E-state index contributed by atoms with van der Waals surface area (Å²) >= 11 is 3.17. The van der Waals surface area contributed by atoms with Crippen LogP contribution < -0.4 is 15.4 Å². The standard InChI is InChI=1S/C24H24BrFN4O4/c1-14-20(21(31)23(30-22(32)33)10-3-11-27-13-23)29-24(28-14,15-4-7-17(34-2)8-5-15)16-6-9-18(25)19(26)12-16/h4-9,12,27,30H,3,10-11,13H2,1-2H3,(H,32,33)/t23-,24?/m1/s1. The lowest BCUT2D eigenvalue weighted by molar-refractivity contribution is -0.119. The smallest absolute Gasteiger partial charge is 0.405 e. The number of amides is 1. The number of nitrogens with one attached hydrogen (secondary N) is 2. The predicted molar refractivity (Wildman–Crippen MR) is 129 cm³/mol. The molecule has 0 aromatic heterocycles. The molecule has 1 saturated heterocycles. The number of hydrogen-bond acceptors (Lipinski definition) is 6. The average molecular weight is 531 g/mol. The summed E-state index contributed by atoms with van der Waals surface area (Å²) in [5, 5.41) is 15.0. The van der Waals surface area contributed by atoms with Gasteiger partial charge in [0.25, 0.3) is 0 Å². The molecule has 1 fully saturated rings. The van der Waals surface area contributed by atoms with Crippen LogP contribution >= 0.6 is 15.9 Å². The molecule has 0 aliphatic carbocycles. The maximum absolute atomic E-state index is 14.6. The minimum absolute atomic E-state index is 0.0663. The van der Waals surface area contributed by atoms with Gasteiger partial charge in [-0.1, -0.05) is 18.2 Å². The molecule has 2 aromatic carbocycles. The molecule has 2 aromatic rings. The number of benzene rings is 2. The number of halogens is 2. The van der Waals surface area contributed by atoms with Gasteiger partial charge >= 0.3 is 6.09 Å². The van der Waals surface area contributed by atoms with E-state index in [2.05, 4.69) is 26.6 Å². The maximum Gasteiger partial charge on any atom is 0.405 e. The van der Waals surface area contributed by atoms with Crippen LogP contribution in [-0.4, -0.2) is 54.1 Å². The van der Waals surface area contributed by atoms with Crippen molar-refractivity contribution in [2.24, 2.45) is 9.98 Å². The lowest BCUT2D eigenvalue weighted by Crippen LogP contribution is -2.64. The molecule has 2 aliphatic rings. The first-order valence-corrected chi connectivity index (χ1v) is 11.5. The van der Waals surface area contributed by atoms with Gasteiger partial charge in [-0.15, -0.1) is 0 Å². The second kappa shape index (κ2) is 9.27. The summed E-state index contributed by atoms with van der Waals surface area (Å²) in [6, 6.07) is 11.6. The molecule has 3 N–H and O–H groups in total. The van der Waals surface area contributed by atoms with Gasteiger partial charge in [-0.05, 0) is 66.5 Å². The maximum atomic E-state index is 14.6. The van der Waals surface area contributed by atoms with Crippen molar-refractivity contribution < 1.29 is 23.8 Å². The number of carboxylic acid groups (broad SMARTS) is 1. The van der Waals surface area contributed by atoms with Gasteiger partial charge in [0, 0.05) is 17.7 Å². The van der Waals surface area contributed by atoms with E-state index >= 15 is 0 Å². The SMILES string of the molecule is COc1ccc(C2(c3ccc(Br)c(F)c3)N=C(C)C(C(=O)[C@@]3(NC(=O)O)CCCNC3)=N2)cc1. The Labute approximate surface area is 204 Å². The summed E-state index contributed by atoms with van der Waals surface area (Å²) < 4.78 is 20.1. The van der Waals surface area contributed by atoms with Gasteiger partial charge in [-0.3, -0.25) is 4.79 Å². The van der Waals surface area contributed by atoms with Crippen LogP contribution in [0.2, 0.25) is 0 Å². The molecule has 34 heavy (non-hydrogen) atoms. The highest BCUT2D eigenvalue weighted by atomic mass is 79.9. The zero-order valence-corrected chi connectivity index (χ0v) is 20.3. The number of ether oxygens (including phenoxy) is 1. The highest BCUT2D eigenvalue weighted by Gasteiger charge is 2.48. The molecule has 0 spiro atoms. The van der Waals surface area contributed by atoms with Crippen LogP contribution in [0, 0.1) is 5.82 Å². The number of aliphatic imine (C=N–C) groups is 2. The van der Waals surface area contributed by atoms with Crippen molar-refractivity contribution in [1.82, 2.24) is 10.6 Å². The second-order valence-electron chi connectivity index (χ2n) is 8.31. The summed E-state index contributed by atoms with van der Waals surface area (Å²) in [5.74, 6) is -0.331. The fraction of sp³-hybridized carbons (Fsp3) is 0.333. The number of nitrogens with zero attached hydrogens (tertiary/aromatic N) is 2. The molecule has 8 nitrogen and oxygen atoms in total. The van der Waals surface area contributed by atoms with Crippen LogP contribution in [0.15, 0.2) is 56.9 Å². The van der Waals surface area contributed by atoms with Crippen molar-refractivity contribution >= 4 is 39.2 Å². The van der Waals surface area contributed by atoms with E-state index in [-0.39, 0.29) is 16.7 Å². The van der Waals surface area contributed by atoms with Crippen molar-refractivity contribution in [2.45, 2.75) is 31.0 Å². The minimum Gasteiger partial charge on any atom is -0.497 e. The number of carbonyl (C=O) groups excluding carboxylic acids is 1. The molecule has 0 bridgehead atoms. The molecule has 2 heterocycles. The zero-order valence-electron chi connectivity index (χ0n) is 18.7. The van der Waals surface area contributed by atoms with Crippen LogP contribution in [0.4, 0.5) is 9.18 Å². The molecule has 1 unspecified atom stereocenters. The molecule has 0 saturated carbocycles. The Kier molecular flexibility index (Phi) is 6.55. The average Bonchev–Trinajstić information content (AvgIpc) is 3.18. The normalized spacial score (nSPS) is 24.2. The van der Waals surface area contributed by atoms with Crippen LogP contribution in [0.1, 0.15) is 30.9 Å². The third-order valence-corrected chi connectivity index (χ3v) is 6.78. The fourth-order valence-electron chi connectivity index (χ4n) is 4.43. The molecular weight excluding hydrogens is 507 g/mol. The molecule has 10 heteroatoms. The van der Waals surface area contributed by atoms with E-state index in [1.807, 2.05) is 0 Å². The minimum atomic E-state index is -1.41. The van der Waals surface area contributed by atoms with Crippen LogP contribution in [0.5, 0.6) is 5.75 Å². The Balaban J connectivity index is 1.87. The third kappa shape index (κ3) is 4.23. The summed E-state index contributed by atoms with van der Waals surface area (Å²) in [6.07, 6.45) is -0.335. The van der Waals surface area contributed by atoms with Crippen LogP contribution in [0.3, 0.4) is 0 Å². The van der Waals surface area contributed by atoms with Crippen LogP contribution in [0.25, 0.3) is 0 Å². The summed E-state index contributed by atoms with van der Waals surface area (Å²) in [6.45, 7) is 2.48. The number of piperidine rings is 1. The quantitative estimate of drug-likeness (QED) is 0.527. The number of carbonyl (C=O) groups is 2. The first-order valence-electron chi connectivity index (χ1n) is 10.7. The summed E-state index contributed by atoms with van der Waals surface area (Å²) in [7, 11) is 1.55. The summed E-state index contributed by atoms with van der Waals surface area (Å²) in [5.41, 5.74) is -1.31. The first kappa shape index (κ1) is 24.0. The molecule has 1 amide bonds. The largest absolute Gasteiger partial charge is 0.497 e. The first-order chi connectivity index (χ1) is 16.2. The van der Waals surface area contributed by atoms with Crippen LogP contribution in [-0.2, 0) is 10.5 Å². The van der Waals surface area contributed by atoms with Gasteiger partial charge in [0.2, 0.25) is 11.4 Å². The molecule has 2 aliphatic heterocycles. The highest BCUT2D eigenvalue weighted by molar-refractivity contribution is 9.10. The topological polar surface area (TPSA) is 112 Å². The third-order valence-electron chi connectivity index (χ3n) is 6.14. The monoisotopic (exact) mass is 530 g/mol. The Morgan fingerprint density at radius 3 is 2.47 bits per heavy atom. The Bertz CT molecular complexity index is 1190. The van der Waals surface area contributed by atoms with Crippen molar-refractivity contribution in [3.63, 3.8) is 0 Å².